The zero-order valence-corrected chi connectivity index (χ0v) is 15.2. The van der Waals surface area contributed by atoms with Gasteiger partial charge in [0.25, 0.3) is 0 Å². The lowest BCUT2D eigenvalue weighted by molar-refractivity contribution is -0.645. The van der Waals surface area contributed by atoms with E-state index in [1.165, 1.54) is 6.42 Å². The maximum Gasteiger partial charge on any atom is 0.348 e. The van der Waals surface area contributed by atoms with Gasteiger partial charge in [0.05, 0.1) is 7.05 Å². The van der Waals surface area contributed by atoms with Gasteiger partial charge in [-0.05, 0) is 42.7 Å². The fourth-order valence-electron chi connectivity index (χ4n) is 4.06. The number of imidazole rings is 1. The van der Waals surface area contributed by atoms with Crippen LogP contribution in [-0.2, 0) is 23.1 Å². The highest BCUT2D eigenvalue weighted by molar-refractivity contribution is 5.75. The van der Waals surface area contributed by atoms with E-state index < -0.39 is 0 Å². The predicted molar refractivity (Wildman–Crippen MR) is 94.3 cm³/mol. The number of esters is 1. The average Bonchev–Trinajstić information content (AvgIpc) is 2.83. The Labute approximate surface area is 144 Å². The smallest absolute Gasteiger partial charge is 0.348 e. The summed E-state index contributed by atoms with van der Waals surface area (Å²) in [6, 6.07) is 8.13. The number of hydrogen-bond donors (Lipinski definition) is 0. The van der Waals surface area contributed by atoms with E-state index in [1.807, 2.05) is 40.7 Å². The first-order chi connectivity index (χ1) is 11.5. The van der Waals surface area contributed by atoms with E-state index in [-0.39, 0.29) is 18.6 Å². The molecule has 0 saturated heterocycles. The van der Waals surface area contributed by atoms with Gasteiger partial charge < -0.3 is 4.74 Å². The Morgan fingerprint density at radius 3 is 2.83 bits per heavy atom. The molecule has 0 aliphatic heterocycles. The van der Waals surface area contributed by atoms with Crippen molar-refractivity contribution in [2.24, 2.45) is 24.8 Å². The van der Waals surface area contributed by atoms with Crippen molar-refractivity contribution in [3.8, 4) is 0 Å². The molecule has 3 atom stereocenters. The molecule has 0 amide bonds. The number of rotatable bonds is 4. The Bertz CT molecular complexity index is 719. The second-order valence-electron chi connectivity index (χ2n) is 7.70. The molecule has 0 bridgehead atoms. The van der Waals surface area contributed by atoms with Crippen molar-refractivity contribution in [1.82, 2.24) is 4.57 Å². The molecule has 4 nitrogen and oxygen atoms in total. The Hall–Kier alpha value is -1.84. The summed E-state index contributed by atoms with van der Waals surface area (Å²) in [5.74, 6) is 1.56. The molecule has 1 heterocycles. The quantitative estimate of drug-likeness (QED) is 0.636. The molecule has 1 aliphatic carbocycles. The largest absolute Gasteiger partial charge is 0.459 e. The Kier molecular flexibility index (Phi) is 4.93. The highest BCUT2D eigenvalue weighted by atomic mass is 16.5. The summed E-state index contributed by atoms with van der Waals surface area (Å²) in [5.41, 5.74) is 2.19. The molecule has 1 aromatic heterocycles. The van der Waals surface area contributed by atoms with Crippen LogP contribution in [0.4, 0.5) is 0 Å². The molecule has 24 heavy (non-hydrogen) atoms. The van der Waals surface area contributed by atoms with Gasteiger partial charge in [-0.15, -0.1) is 0 Å². The normalized spacial score (nSPS) is 24.5. The second kappa shape index (κ2) is 6.96. The van der Waals surface area contributed by atoms with Gasteiger partial charge in [0, 0.05) is 0 Å². The SMILES string of the molecule is CC(C)[C@@H]1CC[C@@H](C)C[C@H]1OC(=O)Cn1c[n+](C)c2ccccc21. The number of carbonyl (C=O) groups excluding carboxylic acids is 1. The minimum absolute atomic E-state index is 0.0665. The molecule has 3 rings (SSSR count). The molecule has 1 aliphatic rings. The van der Waals surface area contributed by atoms with Crippen LogP contribution >= 0.6 is 0 Å². The van der Waals surface area contributed by atoms with Crippen LogP contribution in [0.5, 0.6) is 0 Å². The van der Waals surface area contributed by atoms with Crippen molar-refractivity contribution in [1.29, 1.82) is 0 Å². The molecule has 1 fully saturated rings. The summed E-state index contributed by atoms with van der Waals surface area (Å²) in [4.78, 5) is 12.6. The average molecular weight is 329 g/mol. The number of fused-ring (bicyclic) bond motifs is 1. The van der Waals surface area contributed by atoms with E-state index in [0.29, 0.717) is 17.8 Å². The number of aromatic nitrogens is 2. The third-order valence-corrected chi connectivity index (χ3v) is 5.43. The molecule has 1 saturated carbocycles. The number of nitrogens with zero attached hydrogens (tertiary/aromatic N) is 2. The summed E-state index contributed by atoms with van der Waals surface area (Å²) < 4.78 is 9.95. The van der Waals surface area contributed by atoms with Crippen molar-refractivity contribution in [2.45, 2.75) is 52.7 Å². The van der Waals surface area contributed by atoms with Gasteiger partial charge in [0.15, 0.2) is 17.6 Å². The van der Waals surface area contributed by atoms with E-state index in [9.17, 15) is 4.79 Å². The molecule has 1 aromatic carbocycles. The van der Waals surface area contributed by atoms with Crippen LogP contribution in [-0.4, -0.2) is 16.6 Å². The van der Waals surface area contributed by atoms with Crippen molar-refractivity contribution in [2.75, 3.05) is 0 Å². The lowest BCUT2D eigenvalue weighted by atomic mass is 9.75. The monoisotopic (exact) mass is 329 g/mol. The molecule has 0 radical (unpaired) electrons. The van der Waals surface area contributed by atoms with Gasteiger partial charge in [-0.25, -0.2) is 13.9 Å². The molecule has 2 aromatic rings. The molecule has 130 valence electrons. The van der Waals surface area contributed by atoms with Crippen molar-refractivity contribution in [3.05, 3.63) is 30.6 Å². The summed E-state index contributed by atoms with van der Waals surface area (Å²) in [6.07, 6.45) is 5.44. The third kappa shape index (κ3) is 3.47. The van der Waals surface area contributed by atoms with Crippen molar-refractivity contribution in [3.63, 3.8) is 0 Å². The van der Waals surface area contributed by atoms with Crippen LogP contribution in [0, 0.1) is 17.8 Å². The third-order valence-electron chi connectivity index (χ3n) is 5.43. The van der Waals surface area contributed by atoms with E-state index in [4.69, 9.17) is 4.74 Å². The Morgan fingerprint density at radius 2 is 2.08 bits per heavy atom. The topological polar surface area (TPSA) is 35.1 Å². The summed E-state index contributed by atoms with van der Waals surface area (Å²) >= 11 is 0. The number of aryl methyl sites for hydroxylation is 1. The maximum absolute atomic E-state index is 12.6. The number of benzene rings is 1. The number of para-hydroxylation sites is 2. The highest BCUT2D eigenvalue weighted by Gasteiger charge is 2.33. The molecule has 0 spiro atoms. The first-order valence-electron chi connectivity index (χ1n) is 9.08. The molecular weight excluding hydrogens is 300 g/mol. The van der Waals surface area contributed by atoms with Crippen LogP contribution in [0.3, 0.4) is 0 Å². The van der Waals surface area contributed by atoms with Crippen LogP contribution in [0.2, 0.25) is 0 Å². The first-order valence-corrected chi connectivity index (χ1v) is 9.08. The zero-order valence-electron chi connectivity index (χ0n) is 15.2. The van der Waals surface area contributed by atoms with Gasteiger partial charge in [-0.2, -0.15) is 0 Å². The van der Waals surface area contributed by atoms with Crippen LogP contribution in [0.25, 0.3) is 11.0 Å². The summed E-state index contributed by atoms with van der Waals surface area (Å²) in [7, 11) is 2.00. The maximum atomic E-state index is 12.6. The Balaban J connectivity index is 1.72. The summed E-state index contributed by atoms with van der Waals surface area (Å²) in [6.45, 7) is 7.01. The summed E-state index contributed by atoms with van der Waals surface area (Å²) in [5, 5.41) is 0. The van der Waals surface area contributed by atoms with Gasteiger partial charge in [-0.3, -0.25) is 0 Å². The van der Waals surface area contributed by atoms with Gasteiger partial charge in [0.1, 0.15) is 6.10 Å². The second-order valence-corrected chi connectivity index (χ2v) is 7.70. The zero-order chi connectivity index (χ0) is 17.3. The van der Waals surface area contributed by atoms with Crippen molar-refractivity contribution < 1.29 is 14.1 Å². The molecule has 0 unspecified atom stereocenters. The number of carbonyl (C=O) groups is 1. The molecular formula is C20H29N2O2+. The minimum atomic E-state index is -0.124. The molecule has 0 N–H and O–H groups in total. The lowest BCUT2D eigenvalue weighted by Gasteiger charge is -2.36. The fourth-order valence-corrected chi connectivity index (χ4v) is 4.06. The number of hydrogen-bond acceptors (Lipinski definition) is 2. The number of ether oxygens (including phenoxy) is 1. The lowest BCUT2D eigenvalue weighted by Crippen LogP contribution is -2.36. The van der Waals surface area contributed by atoms with Crippen molar-refractivity contribution >= 4 is 17.0 Å². The Morgan fingerprint density at radius 1 is 1.33 bits per heavy atom. The van der Waals surface area contributed by atoms with Crippen LogP contribution in [0.15, 0.2) is 30.6 Å². The van der Waals surface area contributed by atoms with Gasteiger partial charge in [0.2, 0.25) is 6.33 Å². The minimum Gasteiger partial charge on any atom is -0.459 e. The van der Waals surface area contributed by atoms with E-state index in [2.05, 4.69) is 26.8 Å². The fraction of sp³-hybridized carbons (Fsp3) is 0.600. The van der Waals surface area contributed by atoms with Gasteiger partial charge in [-0.1, -0.05) is 39.3 Å². The van der Waals surface area contributed by atoms with E-state index in [0.717, 1.165) is 23.9 Å². The first kappa shape index (κ1) is 17.0. The van der Waals surface area contributed by atoms with Crippen LogP contribution in [0.1, 0.15) is 40.0 Å². The van der Waals surface area contributed by atoms with E-state index >= 15 is 0 Å². The van der Waals surface area contributed by atoms with Crippen LogP contribution < -0.4 is 4.57 Å². The van der Waals surface area contributed by atoms with Gasteiger partial charge >= 0.3 is 5.97 Å². The standard InChI is InChI=1S/C20H29N2O2/c1-14(2)16-10-9-15(3)11-19(16)24-20(23)12-22-13-21(4)17-7-5-6-8-18(17)22/h5-8,13-16,19H,9-12H2,1-4H3/q+1/t15-,16+,19-/m1/s1. The predicted octanol–water partition coefficient (Wildman–Crippen LogP) is 3.47. The van der Waals surface area contributed by atoms with E-state index in [1.54, 1.807) is 0 Å². The highest BCUT2D eigenvalue weighted by Crippen LogP contribution is 2.35. The molecule has 4 heteroatoms.